The number of hydrogen-bond donors (Lipinski definition) is 0. The Hall–Kier alpha value is -0.340. The molecule has 0 spiro atoms. The van der Waals surface area contributed by atoms with Gasteiger partial charge in [0.2, 0.25) is 0 Å². The molecule has 0 atom stereocenters. The Labute approximate surface area is 81.9 Å². The van der Waals surface area contributed by atoms with E-state index < -0.39 is 0 Å². The number of benzene rings is 1. The zero-order valence-electron chi connectivity index (χ0n) is 7.43. The first-order chi connectivity index (χ1) is 5.74. The van der Waals surface area contributed by atoms with E-state index in [1.165, 1.54) is 11.1 Å². The van der Waals surface area contributed by atoms with Crippen molar-refractivity contribution in [3.05, 3.63) is 33.8 Å². The summed E-state index contributed by atoms with van der Waals surface area (Å²) in [5.74, 6) is 0. The average molecular weight is 229 g/mol. The summed E-state index contributed by atoms with van der Waals surface area (Å²) in [6.45, 7) is 5.55. The van der Waals surface area contributed by atoms with Crippen molar-refractivity contribution < 1.29 is 4.74 Å². The van der Waals surface area contributed by atoms with E-state index in [9.17, 15) is 0 Å². The summed E-state index contributed by atoms with van der Waals surface area (Å²) in [5, 5.41) is 0. The molecule has 0 N–H and O–H groups in total. The number of ether oxygens (including phenoxy) is 1. The van der Waals surface area contributed by atoms with Crippen LogP contribution in [-0.4, -0.2) is 6.61 Å². The number of halogens is 1. The molecule has 2 heteroatoms. The van der Waals surface area contributed by atoms with Gasteiger partial charge in [0, 0.05) is 11.1 Å². The number of rotatable bonds is 3. The second-order valence-corrected chi connectivity index (χ2v) is 3.59. The molecule has 0 heterocycles. The topological polar surface area (TPSA) is 9.23 Å². The maximum Gasteiger partial charge on any atom is 0.0727 e. The highest BCUT2D eigenvalue weighted by atomic mass is 79.9. The van der Waals surface area contributed by atoms with Crippen molar-refractivity contribution in [1.82, 2.24) is 0 Å². The van der Waals surface area contributed by atoms with Crippen LogP contribution in [0, 0.1) is 6.92 Å². The molecule has 0 aliphatic carbocycles. The summed E-state index contributed by atoms with van der Waals surface area (Å²) in [6, 6.07) is 6.28. The van der Waals surface area contributed by atoms with Gasteiger partial charge in [0.05, 0.1) is 6.61 Å². The quantitative estimate of drug-likeness (QED) is 0.772. The second kappa shape index (κ2) is 4.63. The van der Waals surface area contributed by atoms with E-state index in [1.54, 1.807) is 0 Å². The van der Waals surface area contributed by atoms with E-state index in [4.69, 9.17) is 4.74 Å². The van der Waals surface area contributed by atoms with Gasteiger partial charge in [-0.2, -0.15) is 0 Å². The Morgan fingerprint density at radius 2 is 2.17 bits per heavy atom. The average Bonchev–Trinajstić information content (AvgIpc) is 2.07. The molecule has 1 aromatic carbocycles. The fourth-order valence-electron chi connectivity index (χ4n) is 1.03. The Bertz CT molecular complexity index is 258. The molecule has 0 amide bonds. The lowest BCUT2D eigenvalue weighted by Crippen LogP contribution is -1.93. The van der Waals surface area contributed by atoms with Gasteiger partial charge < -0.3 is 4.74 Å². The van der Waals surface area contributed by atoms with Gasteiger partial charge in [0.1, 0.15) is 0 Å². The van der Waals surface area contributed by atoms with Crippen molar-refractivity contribution in [3.63, 3.8) is 0 Å². The highest BCUT2D eigenvalue weighted by Crippen LogP contribution is 2.18. The zero-order chi connectivity index (χ0) is 8.97. The fourth-order valence-corrected chi connectivity index (χ4v) is 1.39. The molecule has 0 saturated carbocycles. The molecule has 0 aliphatic rings. The van der Waals surface area contributed by atoms with Crippen molar-refractivity contribution in [1.29, 1.82) is 0 Å². The summed E-state index contributed by atoms with van der Waals surface area (Å²) in [7, 11) is 0. The minimum absolute atomic E-state index is 0.693. The molecule has 1 nitrogen and oxygen atoms in total. The van der Waals surface area contributed by atoms with Crippen LogP contribution in [0.25, 0.3) is 0 Å². The molecule has 0 aromatic heterocycles. The third-order valence-electron chi connectivity index (χ3n) is 1.66. The lowest BCUT2D eigenvalue weighted by Gasteiger charge is -2.05. The lowest BCUT2D eigenvalue weighted by molar-refractivity contribution is 0.133. The largest absolute Gasteiger partial charge is 0.377 e. The summed E-state index contributed by atoms with van der Waals surface area (Å²) < 4.78 is 6.45. The Kier molecular flexibility index (Phi) is 3.76. The summed E-state index contributed by atoms with van der Waals surface area (Å²) in [5.41, 5.74) is 2.49. The van der Waals surface area contributed by atoms with Crippen LogP contribution in [0.2, 0.25) is 0 Å². The molecule has 66 valence electrons. The minimum atomic E-state index is 0.693. The standard InChI is InChI=1S/C10H13BrO/c1-3-12-7-9-6-8(2)4-5-10(9)11/h4-6H,3,7H2,1-2H3. The third-order valence-corrected chi connectivity index (χ3v) is 2.44. The van der Waals surface area contributed by atoms with Crippen LogP contribution in [0.15, 0.2) is 22.7 Å². The zero-order valence-corrected chi connectivity index (χ0v) is 9.02. The van der Waals surface area contributed by atoms with Crippen LogP contribution in [0.3, 0.4) is 0 Å². The third kappa shape index (κ3) is 2.61. The fraction of sp³-hybridized carbons (Fsp3) is 0.400. The van der Waals surface area contributed by atoms with Crippen molar-refractivity contribution >= 4 is 15.9 Å². The monoisotopic (exact) mass is 228 g/mol. The van der Waals surface area contributed by atoms with Crippen molar-refractivity contribution in [2.24, 2.45) is 0 Å². The first-order valence-electron chi connectivity index (χ1n) is 4.07. The summed E-state index contributed by atoms with van der Waals surface area (Å²) in [6.07, 6.45) is 0. The van der Waals surface area contributed by atoms with Gasteiger partial charge in [0.25, 0.3) is 0 Å². The second-order valence-electron chi connectivity index (χ2n) is 2.73. The van der Waals surface area contributed by atoms with Gasteiger partial charge in [-0.25, -0.2) is 0 Å². The van der Waals surface area contributed by atoms with Gasteiger partial charge in [-0.1, -0.05) is 33.6 Å². The van der Waals surface area contributed by atoms with Crippen LogP contribution >= 0.6 is 15.9 Å². The maximum absolute atomic E-state index is 5.33. The number of aryl methyl sites for hydroxylation is 1. The number of hydrogen-bond acceptors (Lipinski definition) is 1. The van der Waals surface area contributed by atoms with Crippen LogP contribution in [0.1, 0.15) is 18.1 Å². The molecule has 12 heavy (non-hydrogen) atoms. The molecule has 1 aromatic rings. The van der Waals surface area contributed by atoms with Crippen LogP contribution in [0.5, 0.6) is 0 Å². The molecule has 0 bridgehead atoms. The highest BCUT2D eigenvalue weighted by molar-refractivity contribution is 9.10. The van der Waals surface area contributed by atoms with Gasteiger partial charge >= 0.3 is 0 Å². The van der Waals surface area contributed by atoms with Crippen molar-refractivity contribution in [2.45, 2.75) is 20.5 Å². The Morgan fingerprint density at radius 1 is 1.42 bits per heavy atom. The molecular weight excluding hydrogens is 216 g/mol. The molecule has 0 saturated heterocycles. The minimum Gasteiger partial charge on any atom is -0.377 e. The van der Waals surface area contributed by atoms with E-state index in [0.29, 0.717) is 6.61 Å². The van der Waals surface area contributed by atoms with E-state index >= 15 is 0 Å². The first-order valence-corrected chi connectivity index (χ1v) is 4.86. The molecule has 0 radical (unpaired) electrons. The SMILES string of the molecule is CCOCc1cc(C)ccc1Br. The van der Waals surface area contributed by atoms with Crippen LogP contribution < -0.4 is 0 Å². The van der Waals surface area contributed by atoms with Gasteiger partial charge in [-0.3, -0.25) is 0 Å². The molecule has 0 unspecified atom stereocenters. The molecular formula is C10H13BrO. The van der Waals surface area contributed by atoms with E-state index in [2.05, 4.69) is 41.1 Å². The van der Waals surface area contributed by atoms with E-state index in [1.807, 2.05) is 6.92 Å². The predicted octanol–water partition coefficient (Wildman–Crippen LogP) is 3.29. The highest BCUT2D eigenvalue weighted by Gasteiger charge is 1.98. The summed E-state index contributed by atoms with van der Waals surface area (Å²) in [4.78, 5) is 0. The van der Waals surface area contributed by atoms with Gasteiger partial charge in [-0.15, -0.1) is 0 Å². The Morgan fingerprint density at radius 3 is 2.83 bits per heavy atom. The van der Waals surface area contributed by atoms with Gasteiger partial charge in [-0.05, 0) is 25.5 Å². The normalized spacial score (nSPS) is 10.2. The van der Waals surface area contributed by atoms with Crippen LogP contribution in [0.4, 0.5) is 0 Å². The van der Waals surface area contributed by atoms with Gasteiger partial charge in [0.15, 0.2) is 0 Å². The predicted molar refractivity (Wildman–Crippen MR) is 54.2 cm³/mol. The Balaban J connectivity index is 2.75. The molecule has 0 aliphatic heterocycles. The smallest absolute Gasteiger partial charge is 0.0727 e. The maximum atomic E-state index is 5.33. The first kappa shape index (κ1) is 9.75. The molecule has 0 fully saturated rings. The van der Waals surface area contributed by atoms with Crippen LogP contribution in [-0.2, 0) is 11.3 Å². The van der Waals surface area contributed by atoms with Crippen molar-refractivity contribution in [2.75, 3.05) is 6.61 Å². The lowest BCUT2D eigenvalue weighted by atomic mass is 10.1. The van der Waals surface area contributed by atoms with E-state index in [-0.39, 0.29) is 0 Å². The molecule has 1 rings (SSSR count). The van der Waals surface area contributed by atoms with E-state index in [0.717, 1.165) is 11.1 Å². The van der Waals surface area contributed by atoms with Crippen molar-refractivity contribution in [3.8, 4) is 0 Å². The summed E-state index contributed by atoms with van der Waals surface area (Å²) >= 11 is 3.48.